The van der Waals surface area contributed by atoms with E-state index in [1.54, 1.807) is 24.3 Å². The maximum absolute atomic E-state index is 13.9. The molecule has 1 heterocycles. The number of hydrogen-bond acceptors (Lipinski definition) is 7. The summed E-state index contributed by atoms with van der Waals surface area (Å²) in [5.74, 6) is -0.148. The van der Waals surface area contributed by atoms with Gasteiger partial charge >= 0.3 is 12.1 Å². The number of nitrogens with one attached hydrogen (secondary N) is 2. The minimum atomic E-state index is -0.723. The third-order valence-electron chi connectivity index (χ3n) is 8.90. The molecule has 2 atom stereocenters. The van der Waals surface area contributed by atoms with Gasteiger partial charge in [0.25, 0.3) is 0 Å². The first kappa shape index (κ1) is 34.8. The standard InChI is InChI=1S/C36H49N3O7/c1-36(2,3)31(33(41)39-20-18-30(19-21-39)46-29-16-14-27(15-17-29)34(42)44-4)38-32(40)28(22-25-10-8-9-11-25)23-37-35(43)45-24-26-12-6-5-7-13-26/h5-7,12-17,25,28,30-31H,8-11,18-24H2,1-4H3,(H,37,43)(H,38,40)/t28-,31-/m1/s1. The van der Waals surface area contributed by atoms with Crippen LogP contribution in [0.25, 0.3) is 0 Å². The minimum absolute atomic E-state index is 0.0702. The van der Waals surface area contributed by atoms with Gasteiger partial charge in [-0.3, -0.25) is 9.59 Å². The van der Waals surface area contributed by atoms with E-state index in [1.165, 1.54) is 7.11 Å². The molecule has 2 N–H and O–H groups in total. The van der Waals surface area contributed by atoms with Crippen LogP contribution in [-0.2, 0) is 25.7 Å². The SMILES string of the molecule is COC(=O)c1ccc(OC2CCN(C(=O)[C@@H](NC(=O)[C@@H](CNC(=O)OCc3ccccc3)CC3CCCC3)C(C)(C)C)CC2)cc1. The maximum Gasteiger partial charge on any atom is 0.407 e. The molecule has 0 radical (unpaired) electrons. The summed E-state index contributed by atoms with van der Waals surface area (Å²) in [6.45, 7) is 7.16. The Morgan fingerprint density at radius 2 is 1.57 bits per heavy atom. The van der Waals surface area contributed by atoms with E-state index in [4.69, 9.17) is 14.2 Å². The van der Waals surface area contributed by atoms with Crippen molar-refractivity contribution >= 4 is 23.9 Å². The zero-order valence-corrected chi connectivity index (χ0v) is 27.6. The zero-order chi connectivity index (χ0) is 33.1. The molecule has 1 aliphatic carbocycles. The lowest BCUT2D eigenvalue weighted by Crippen LogP contribution is -2.58. The molecule has 1 saturated heterocycles. The first-order valence-electron chi connectivity index (χ1n) is 16.4. The molecule has 3 amide bonds. The highest BCUT2D eigenvalue weighted by molar-refractivity contribution is 5.90. The van der Waals surface area contributed by atoms with Gasteiger partial charge in [-0.15, -0.1) is 0 Å². The second-order valence-electron chi connectivity index (χ2n) is 13.5. The number of carbonyl (C=O) groups excluding carboxylic acids is 4. The minimum Gasteiger partial charge on any atom is -0.490 e. The fourth-order valence-electron chi connectivity index (χ4n) is 6.18. The summed E-state index contributed by atoms with van der Waals surface area (Å²) in [6, 6.07) is 15.5. The van der Waals surface area contributed by atoms with Crippen LogP contribution >= 0.6 is 0 Å². The van der Waals surface area contributed by atoms with Crippen molar-refractivity contribution < 1.29 is 33.4 Å². The molecule has 0 aromatic heterocycles. The smallest absolute Gasteiger partial charge is 0.407 e. The molecule has 1 saturated carbocycles. The first-order valence-corrected chi connectivity index (χ1v) is 16.4. The molecule has 2 fully saturated rings. The Balaban J connectivity index is 1.33. The van der Waals surface area contributed by atoms with E-state index in [0.717, 1.165) is 31.2 Å². The van der Waals surface area contributed by atoms with Crippen molar-refractivity contribution in [2.45, 2.75) is 84.5 Å². The zero-order valence-electron chi connectivity index (χ0n) is 27.6. The molecule has 2 aromatic rings. The number of carbonyl (C=O) groups is 4. The second-order valence-corrected chi connectivity index (χ2v) is 13.5. The van der Waals surface area contributed by atoms with Crippen LogP contribution in [0.1, 0.15) is 81.6 Å². The topological polar surface area (TPSA) is 123 Å². The molecular weight excluding hydrogens is 586 g/mol. The molecule has 2 aromatic carbocycles. The van der Waals surface area contributed by atoms with Gasteiger partial charge < -0.3 is 29.7 Å². The van der Waals surface area contributed by atoms with Crippen LogP contribution in [0.5, 0.6) is 5.75 Å². The summed E-state index contributed by atoms with van der Waals surface area (Å²) < 4.78 is 16.2. The van der Waals surface area contributed by atoms with Gasteiger partial charge in [0.1, 0.15) is 24.5 Å². The van der Waals surface area contributed by atoms with E-state index < -0.39 is 29.4 Å². The molecule has 1 aliphatic heterocycles. The highest BCUT2D eigenvalue weighted by Crippen LogP contribution is 2.31. The lowest BCUT2D eigenvalue weighted by atomic mass is 9.84. The van der Waals surface area contributed by atoms with E-state index in [-0.39, 0.29) is 31.1 Å². The van der Waals surface area contributed by atoms with Gasteiger partial charge in [-0.1, -0.05) is 76.8 Å². The van der Waals surface area contributed by atoms with Crippen LogP contribution in [0.15, 0.2) is 54.6 Å². The maximum atomic E-state index is 13.9. The lowest BCUT2D eigenvalue weighted by Gasteiger charge is -2.39. The van der Waals surface area contributed by atoms with Crippen LogP contribution in [0.4, 0.5) is 4.79 Å². The Morgan fingerprint density at radius 1 is 0.913 bits per heavy atom. The van der Waals surface area contributed by atoms with Gasteiger partial charge in [-0.25, -0.2) is 9.59 Å². The predicted octanol–water partition coefficient (Wildman–Crippen LogP) is 5.50. The molecule has 2 aliphatic rings. The van der Waals surface area contributed by atoms with Crippen LogP contribution in [0.3, 0.4) is 0 Å². The number of hydrogen-bond donors (Lipinski definition) is 2. The number of esters is 1. The number of alkyl carbamates (subject to hydrolysis) is 1. The van der Waals surface area contributed by atoms with Crippen molar-refractivity contribution in [2.24, 2.45) is 17.3 Å². The quantitative estimate of drug-likeness (QED) is 0.296. The second kappa shape index (κ2) is 16.5. The Kier molecular flexibility index (Phi) is 12.5. The summed E-state index contributed by atoms with van der Waals surface area (Å²) in [4.78, 5) is 53.7. The molecule has 46 heavy (non-hydrogen) atoms. The Labute approximate surface area is 272 Å². The number of likely N-dealkylation sites (tertiary alicyclic amines) is 1. The van der Waals surface area contributed by atoms with Crippen molar-refractivity contribution in [1.82, 2.24) is 15.5 Å². The van der Waals surface area contributed by atoms with Crippen molar-refractivity contribution in [2.75, 3.05) is 26.7 Å². The number of piperidine rings is 1. The molecule has 4 rings (SSSR count). The predicted molar refractivity (Wildman–Crippen MR) is 174 cm³/mol. The van der Waals surface area contributed by atoms with Crippen LogP contribution in [0.2, 0.25) is 0 Å². The average molecular weight is 636 g/mol. The highest BCUT2D eigenvalue weighted by Gasteiger charge is 2.39. The fourth-order valence-corrected chi connectivity index (χ4v) is 6.18. The van der Waals surface area contributed by atoms with Gasteiger partial charge in [-0.2, -0.15) is 0 Å². The van der Waals surface area contributed by atoms with Crippen LogP contribution in [-0.4, -0.2) is 67.7 Å². The van der Waals surface area contributed by atoms with Crippen LogP contribution < -0.4 is 15.4 Å². The van der Waals surface area contributed by atoms with E-state index in [9.17, 15) is 19.2 Å². The number of methoxy groups -OCH3 is 1. The largest absolute Gasteiger partial charge is 0.490 e. The third-order valence-corrected chi connectivity index (χ3v) is 8.90. The van der Waals surface area contributed by atoms with Crippen LogP contribution in [0, 0.1) is 17.3 Å². The number of amides is 3. The van der Waals surface area contributed by atoms with E-state index in [2.05, 4.69) is 10.6 Å². The summed E-state index contributed by atoms with van der Waals surface area (Å²) in [6.07, 6.45) is 5.73. The monoisotopic (exact) mass is 635 g/mol. The Bertz CT molecular complexity index is 1300. The van der Waals surface area contributed by atoms with E-state index in [0.29, 0.717) is 49.6 Å². The average Bonchev–Trinajstić information content (AvgIpc) is 3.58. The lowest BCUT2D eigenvalue weighted by molar-refractivity contribution is -0.142. The molecular formula is C36H49N3O7. The van der Waals surface area contributed by atoms with Crippen molar-refractivity contribution in [3.05, 3.63) is 65.7 Å². The number of rotatable bonds is 12. The Morgan fingerprint density at radius 3 is 2.17 bits per heavy atom. The fraction of sp³-hybridized carbons (Fsp3) is 0.556. The summed E-state index contributed by atoms with van der Waals surface area (Å²) in [7, 11) is 1.34. The molecule has 0 bridgehead atoms. The first-order chi connectivity index (χ1) is 22.0. The molecule has 10 heteroatoms. The van der Waals surface area contributed by atoms with Crippen molar-refractivity contribution in [1.29, 1.82) is 0 Å². The van der Waals surface area contributed by atoms with Gasteiger partial charge in [0, 0.05) is 32.5 Å². The van der Waals surface area contributed by atoms with E-state index in [1.807, 2.05) is 56.0 Å². The van der Waals surface area contributed by atoms with E-state index >= 15 is 0 Å². The number of ether oxygens (including phenoxy) is 3. The summed E-state index contributed by atoms with van der Waals surface area (Å²) in [5.41, 5.74) is 0.811. The van der Waals surface area contributed by atoms with Crippen molar-refractivity contribution in [3.8, 4) is 5.75 Å². The molecule has 0 spiro atoms. The number of benzene rings is 2. The molecule has 250 valence electrons. The summed E-state index contributed by atoms with van der Waals surface area (Å²) in [5, 5.41) is 5.88. The van der Waals surface area contributed by atoms with Crippen molar-refractivity contribution in [3.63, 3.8) is 0 Å². The molecule has 10 nitrogen and oxygen atoms in total. The molecule has 0 unspecified atom stereocenters. The summed E-state index contributed by atoms with van der Waals surface area (Å²) >= 11 is 0. The highest BCUT2D eigenvalue weighted by atomic mass is 16.5. The number of nitrogens with zero attached hydrogens (tertiary/aromatic N) is 1. The third kappa shape index (κ3) is 10.2. The van der Waals surface area contributed by atoms with Gasteiger partial charge in [0.05, 0.1) is 18.6 Å². The van der Waals surface area contributed by atoms with Gasteiger partial charge in [0.15, 0.2) is 0 Å². The van der Waals surface area contributed by atoms with Gasteiger partial charge in [0.2, 0.25) is 11.8 Å². The Hall–Kier alpha value is -4.08. The normalized spacial score (nSPS) is 17.1. The van der Waals surface area contributed by atoms with Gasteiger partial charge in [-0.05, 0) is 47.6 Å².